The van der Waals surface area contributed by atoms with Gasteiger partial charge in [-0.2, -0.15) is 0 Å². The first-order chi connectivity index (χ1) is 9.19. The van der Waals surface area contributed by atoms with Gasteiger partial charge in [0.15, 0.2) is 0 Å². The van der Waals surface area contributed by atoms with E-state index in [4.69, 9.17) is 5.73 Å². The summed E-state index contributed by atoms with van der Waals surface area (Å²) in [5, 5.41) is 0. The second-order valence-electron chi connectivity index (χ2n) is 6.43. The van der Waals surface area contributed by atoms with Gasteiger partial charge < -0.3 is 10.6 Å². The van der Waals surface area contributed by atoms with Crippen LogP contribution < -0.4 is 10.6 Å². The highest BCUT2D eigenvalue weighted by Gasteiger charge is 2.37. The fourth-order valence-corrected chi connectivity index (χ4v) is 3.69. The van der Waals surface area contributed by atoms with Crippen molar-refractivity contribution >= 4 is 5.82 Å². The smallest absolute Gasteiger partial charge is 0.128 e. The summed E-state index contributed by atoms with van der Waals surface area (Å²) in [5.41, 5.74) is 7.67. The largest absolute Gasteiger partial charge is 0.357 e. The zero-order valence-corrected chi connectivity index (χ0v) is 11.9. The summed E-state index contributed by atoms with van der Waals surface area (Å²) in [6.45, 7) is 4.34. The molecule has 1 aliphatic carbocycles. The number of hydrogen-bond donors (Lipinski definition) is 1. The minimum atomic E-state index is 0.0738. The highest BCUT2D eigenvalue weighted by Crippen LogP contribution is 2.46. The van der Waals surface area contributed by atoms with Gasteiger partial charge in [-0.05, 0) is 49.7 Å². The van der Waals surface area contributed by atoms with Gasteiger partial charge in [-0.3, -0.25) is 0 Å². The molecule has 1 saturated heterocycles. The third-order valence-electron chi connectivity index (χ3n) is 5.11. The summed E-state index contributed by atoms with van der Waals surface area (Å²) in [6, 6.07) is 4.32. The Kier molecular flexibility index (Phi) is 3.48. The van der Waals surface area contributed by atoms with Crippen molar-refractivity contribution in [3.8, 4) is 0 Å². The van der Waals surface area contributed by atoms with Crippen molar-refractivity contribution in [2.75, 3.05) is 18.0 Å². The molecular formula is C16H25N3. The molecule has 1 saturated carbocycles. The van der Waals surface area contributed by atoms with Crippen LogP contribution in [0.15, 0.2) is 18.3 Å². The molecule has 1 unspecified atom stereocenters. The molecule has 3 rings (SSSR count). The van der Waals surface area contributed by atoms with E-state index in [9.17, 15) is 0 Å². The number of anilines is 1. The Bertz CT molecular complexity index is 408. The van der Waals surface area contributed by atoms with Gasteiger partial charge in [0, 0.05) is 25.3 Å². The van der Waals surface area contributed by atoms with Gasteiger partial charge in [-0.25, -0.2) is 4.98 Å². The molecule has 104 valence electrons. The van der Waals surface area contributed by atoms with Gasteiger partial charge in [0.2, 0.25) is 0 Å². The Balaban J connectivity index is 1.64. The molecule has 2 aliphatic rings. The predicted molar refractivity (Wildman–Crippen MR) is 79.2 cm³/mol. The Morgan fingerprint density at radius 2 is 1.84 bits per heavy atom. The monoisotopic (exact) mass is 259 g/mol. The maximum Gasteiger partial charge on any atom is 0.128 e. The summed E-state index contributed by atoms with van der Waals surface area (Å²) in [5.74, 6) is 1.12. The molecule has 2 heterocycles. The van der Waals surface area contributed by atoms with Gasteiger partial charge in [0.1, 0.15) is 5.82 Å². The van der Waals surface area contributed by atoms with Crippen LogP contribution in [0.25, 0.3) is 0 Å². The van der Waals surface area contributed by atoms with Crippen LogP contribution in [-0.4, -0.2) is 18.1 Å². The minimum Gasteiger partial charge on any atom is -0.357 e. The molecule has 2 N–H and O–H groups in total. The summed E-state index contributed by atoms with van der Waals surface area (Å²) in [4.78, 5) is 7.02. The second kappa shape index (κ2) is 5.12. The molecule has 0 bridgehead atoms. The highest BCUT2D eigenvalue weighted by atomic mass is 15.2. The average Bonchev–Trinajstić information content (AvgIpc) is 2.88. The van der Waals surface area contributed by atoms with Crippen molar-refractivity contribution in [2.24, 2.45) is 11.1 Å². The number of nitrogens with zero attached hydrogens (tertiary/aromatic N) is 2. The van der Waals surface area contributed by atoms with Gasteiger partial charge >= 0.3 is 0 Å². The molecule has 1 spiro atoms. The lowest BCUT2D eigenvalue weighted by molar-refractivity contribution is 0.226. The SMILES string of the molecule is CC(N)c1ccc(N2CCC3(CCCC3)CC2)nc1. The number of aromatic nitrogens is 1. The molecule has 3 heteroatoms. The number of rotatable bonds is 2. The zero-order chi connectivity index (χ0) is 13.3. The Morgan fingerprint density at radius 1 is 1.16 bits per heavy atom. The van der Waals surface area contributed by atoms with E-state index in [0.717, 1.165) is 11.4 Å². The summed E-state index contributed by atoms with van der Waals surface area (Å²) < 4.78 is 0. The molecule has 1 aliphatic heterocycles. The third kappa shape index (κ3) is 2.62. The van der Waals surface area contributed by atoms with Gasteiger partial charge in [0.25, 0.3) is 0 Å². The number of hydrogen-bond acceptors (Lipinski definition) is 3. The summed E-state index contributed by atoms with van der Waals surface area (Å²) in [7, 11) is 0. The molecule has 1 aromatic rings. The maximum absolute atomic E-state index is 5.87. The van der Waals surface area contributed by atoms with E-state index in [1.54, 1.807) is 0 Å². The Labute approximate surface area is 116 Å². The highest BCUT2D eigenvalue weighted by molar-refractivity contribution is 5.40. The number of piperidine rings is 1. The first kappa shape index (κ1) is 12.9. The Hall–Kier alpha value is -1.09. The van der Waals surface area contributed by atoms with Gasteiger partial charge in [-0.1, -0.05) is 18.9 Å². The topological polar surface area (TPSA) is 42.1 Å². The first-order valence-electron chi connectivity index (χ1n) is 7.65. The van der Waals surface area contributed by atoms with E-state index < -0.39 is 0 Å². The molecule has 1 atom stereocenters. The van der Waals surface area contributed by atoms with Crippen molar-refractivity contribution in [1.82, 2.24) is 4.98 Å². The van der Waals surface area contributed by atoms with Crippen LogP contribution in [0.2, 0.25) is 0 Å². The van der Waals surface area contributed by atoms with Crippen LogP contribution in [0.3, 0.4) is 0 Å². The third-order valence-corrected chi connectivity index (χ3v) is 5.11. The van der Waals surface area contributed by atoms with E-state index in [2.05, 4.69) is 22.0 Å². The van der Waals surface area contributed by atoms with Gasteiger partial charge in [-0.15, -0.1) is 0 Å². The van der Waals surface area contributed by atoms with Crippen molar-refractivity contribution in [3.05, 3.63) is 23.9 Å². The summed E-state index contributed by atoms with van der Waals surface area (Å²) in [6.07, 6.45) is 10.4. The van der Waals surface area contributed by atoms with E-state index in [0.29, 0.717) is 5.41 Å². The van der Waals surface area contributed by atoms with Crippen LogP contribution in [0.4, 0.5) is 5.82 Å². The first-order valence-corrected chi connectivity index (χ1v) is 7.65. The fraction of sp³-hybridized carbons (Fsp3) is 0.688. The van der Waals surface area contributed by atoms with Crippen molar-refractivity contribution in [3.63, 3.8) is 0 Å². The predicted octanol–water partition coefficient (Wildman–Crippen LogP) is 3.26. The van der Waals surface area contributed by atoms with Gasteiger partial charge in [0.05, 0.1) is 0 Å². The van der Waals surface area contributed by atoms with Crippen molar-refractivity contribution in [2.45, 2.75) is 51.5 Å². The molecule has 19 heavy (non-hydrogen) atoms. The summed E-state index contributed by atoms with van der Waals surface area (Å²) >= 11 is 0. The number of pyridine rings is 1. The van der Waals surface area contributed by atoms with E-state index >= 15 is 0 Å². The van der Waals surface area contributed by atoms with Crippen LogP contribution in [0, 0.1) is 5.41 Å². The lowest BCUT2D eigenvalue weighted by Crippen LogP contribution is -2.39. The minimum absolute atomic E-state index is 0.0738. The van der Waals surface area contributed by atoms with Crippen molar-refractivity contribution < 1.29 is 0 Å². The molecule has 1 aromatic heterocycles. The molecule has 2 fully saturated rings. The van der Waals surface area contributed by atoms with E-state index in [1.165, 1.54) is 51.6 Å². The van der Waals surface area contributed by atoms with Crippen LogP contribution in [-0.2, 0) is 0 Å². The molecule has 3 nitrogen and oxygen atoms in total. The lowest BCUT2D eigenvalue weighted by atomic mass is 9.77. The fourth-order valence-electron chi connectivity index (χ4n) is 3.69. The standard InChI is InChI=1S/C16H25N3/c1-13(17)14-4-5-15(18-12-14)19-10-8-16(9-11-19)6-2-3-7-16/h4-5,12-13H,2-3,6-11,17H2,1H3. The average molecular weight is 259 g/mol. The second-order valence-corrected chi connectivity index (χ2v) is 6.43. The molecule has 0 radical (unpaired) electrons. The van der Waals surface area contributed by atoms with Crippen LogP contribution in [0.1, 0.15) is 57.1 Å². The number of nitrogens with two attached hydrogens (primary N) is 1. The van der Waals surface area contributed by atoms with E-state index in [1.807, 2.05) is 13.1 Å². The lowest BCUT2D eigenvalue weighted by Gasteiger charge is -2.40. The van der Waals surface area contributed by atoms with Crippen molar-refractivity contribution in [1.29, 1.82) is 0 Å². The van der Waals surface area contributed by atoms with Crippen LogP contribution in [0.5, 0.6) is 0 Å². The zero-order valence-electron chi connectivity index (χ0n) is 11.9. The quantitative estimate of drug-likeness (QED) is 0.886. The molecule has 0 amide bonds. The molecular weight excluding hydrogens is 234 g/mol. The normalized spacial score (nSPS) is 23.8. The van der Waals surface area contributed by atoms with Crippen LogP contribution >= 0.6 is 0 Å². The maximum atomic E-state index is 5.87. The Morgan fingerprint density at radius 3 is 2.37 bits per heavy atom. The molecule has 0 aromatic carbocycles. The van der Waals surface area contributed by atoms with E-state index in [-0.39, 0.29) is 6.04 Å².